The van der Waals surface area contributed by atoms with Crippen LogP contribution in [0.25, 0.3) is 0 Å². The minimum absolute atomic E-state index is 0.221. The molecule has 1 aliphatic heterocycles. The van der Waals surface area contributed by atoms with Crippen molar-refractivity contribution in [2.45, 2.75) is 39.2 Å². The molecule has 1 N–H and O–H groups in total. The topological polar surface area (TPSA) is 45.0 Å². The summed E-state index contributed by atoms with van der Waals surface area (Å²) in [7, 11) is 0. The highest BCUT2D eigenvalue weighted by atomic mass is 16.5. The number of hydrogen-bond acceptors (Lipinski definition) is 3. The Morgan fingerprint density at radius 2 is 2.36 bits per heavy atom. The van der Waals surface area contributed by atoms with Gasteiger partial charge in [-0.05, 0) is 18.3 Å². The third-order valence-corrected chi connectivity index (χ3v) is 2.71. The van der Waals surface area contributed by atoms with Crippen LogP contribution < -0.4 is 5.32 Å². The minimum atomic E-state index is 0.221. The molecule has 0 aliphatic carbocycles. The zero-order chi connectivity index (χ0) is 10.4. The van der Waals surface area contributed by atoms with Crippen LogP contribution in [0.1, 0.15) is 33.1 Å². The van der Waals surface area contributed by atoms with E-state index in [0.717, 1.165) is 32.6 Å². The van der Waals surface area contributed by atoms with Crippen molar-refractivity contribution in [3.63, 3.8) is 0 Å². The van der Waals surface area contributed by atoms with Crippen LogP contribution in [0.5, 0.6) is 0 Å². The van der Waals surface area contributed by atoms with E-state index in [0.29, 0.717) is 12.5 Å². The molecule has 0 spiro atoms. The van der Waals surface area contributed by atoms with Gasteiger partial charge in [-0.25, -0.2) is 0 Å². The molecule has 1 heterocycles. The maximum atomic E-state index is 8.52. The summed E-state index contributed by atoms with van der Waals surface area (Å²) in [5.41, 5.74) is 0.221. The van der Waals surface area contributed by atoms with Crippen molar-refractivity contribution in [1.29, 1.82) is 5.26 Å². The molecule has 0 amide bonds. The van der Waals surface area contributed by atoms with E-state index in [1.165, 1.54) is 0 Å². The molecule has 0 aromatic rings. The zero-order valence-corrected chi connectivity index (χ0v) is 9.18. The second kappa shape index (κ2) is 5.33. The van der Waals surface area contributed by atoms with Gasteiger partial charge in [0.1, 0.15) is 0 Å². The molecule has 0 bridgehead atoms. The average molecular weight is 196 g/mol. The Balaban J connectivity index is 2.17. The summed E-state index contributed by atoms with van der Waals surface area (Å²) in [5.74, 6) is 0. The van der Waals surface area contributed by atoms with Gasteiger partial charge in [-0.1, -0.05) is 13.8 Å². The Morgan fingerprint density at radius 3 is 2.93 bits per heavy atom. The Labute approximate surface area is 86.4 Å². The Hall–Kier alpha value is -0.590. The summed E-state index contributed by atoms with van der Waals surface area (Å²) >= 11 is 0. The van der Waals surface area contributed by atoms with Crippen LogP contribution in [0.15, 0.2) is 0 Å². The number of nitriles is 1. The largest absolute Gasteiger partial charge is 0.380 e. The van der Waals surface area contributed by atoms with E-state index in [2.05, 4.69) is 25.2 Å². The second-order valence-electron chi connectivity index (χ2n) is 4.76. The summed E-state index contributed by atoms with van der Waals surface area (Å²) < 4.78 is 5.29. The van der Waals surface area contributed by atoms with Gasteiger partial charge in [0, 0.05) is 25.6 Å². The molecule has 1 fully saturated rings. The molecular weight excluding hydrogens is 176 g/mol. The highest BCUT2D eigenvalue weighted by Crippen LogP contribution is 2.21. The van der Waals surface area contributed by atoms with Crippen LogP contribution in [-0.4, -0.2) is 25.8 Å². The van der Waals surface area contributed by atoms with Gasteiger partial charge in [0.2, 0.25) is 0 Å². The predicted molar refractivity (Wildman–Crippen MR) is 55.9 cm³/mol. The molecular formula is C11H20N2O. The van der Waals surface area contributed by atoms with Crippen molar-refractivity contribution in [3.05, 3.63) is 0 Å². The summed E-state index contributed by atoms with van der Waals surface area (Å²) in [6.45, 7) is 7.10. The van der Waals surface area contributed by atoms with E-state index >= 15 is 0 Å². The van der Waals surface area contributed by atoms with Gasteiger partial charge in [-0.15, -0.1) is 0 Å². The predicted octanol–water partition coefficient (Wildman–Crippen LogP) is 1.69. The molecule has 0 aromatic heterocycles. The molecule has 3 nitrogen and oxygen atoms in total. The van der Waals surface area contributed by atoms with Crippen molar-refractivity contribution >= 4 is 0 Å². The lowest BCUT2D eigenvalue weighted by atomic mass is 9.88. The van der Waals surface area contributed by atoms with Gasteiger partial charge in [-0.2, -0.15) is 5.26 Å². The summed E-state index contributed by atoms with van der Waals surface area (Å²) in [6.07, 6.45) is 2.73. The standard InChI is InChI=1S/C11H20N2O/c1-11(2,5-3-6-12)9-13-10-4-7-14-8-10/h10,13H,3-5,7-9H2,1-2H3. The lowest BCUT2D eigenvalue weighted by Crippen LogP contribution is -2.37. The van der Waals surface area contributed by atoms with E-state index in [-0.39, 0.29) is 5.41 Å². The molecule has 1 aliphatic rings. The highest BCUT2D eigenvalue weighted by Gasteiger charge is 2.21. The van der Waals surface area contributed by atoms with Crippen LogP contribution in [0, 0.1) is 16.7 Å². The van der Waals surface area contributed by atoms with Crippen molar-refractivity contribution in [3.8, 4) is 6.07 Å². The second-order valence-corrected chi connectivity index (χ2v) is 4.76. The number of rotatable bonds is 5. The van der Waals surface area contributed by atoms with Gasteiger partial charge < -0.3 is 10.1 Å². The smallest absolute Gasteiger partial charge is 0.0621 e. The number of hydrogen-bond donors (Lipinski definition) is 1. The monoisotopic (exact) mass is 196 g/mol. The summed E-state index contributed by atoms with van der Waals surface area (Å²) in [4.78, 5) is 0. The SMILES string of the molecule is CC(C)(CCC#N)CNC1CCOC1. The number of nitrogens with zero attached hydrogens (tertiary/aromatic N) is 1. The molecule has 0 aromatic carbocycles. The van der Waals surface area contributed by atoms with Crippen molar-refractivity contribution in [1.82, 2.24) is 5.32 Å². The molecule has 80 valence electrons. The zero-order valence-electron chi connectivity index (χ0n) is 9.18. The molecule has 1 saturated heterocycles. The molecule has 14 heavy (non-hydrogen) atoms. The Bertz CT molecular complexity index is 202. The fourth-order valence-corrected chi connectivity index (χ4v) is 1.60. The fraction of sp³-hybridized carbons (Fsp3) is 0.909. The first-order chi connectivity index (χ1) is 6.64. The van der Waals surface area contributed by atoms with Crippen LogP contribution in [0.2, 0.25) is 0 Å². The minimum Gasteiger partial charge on any atom is -0.380 e. The molecule has 3 heteroatoms. The summed E-state index contributed by atoms with van der Waals surface area (Å²) in [5, 5.41) is 12.0. The first kappa shape index (κ1) is 11.5. The van der Waals surface area contributed by atoms with Crippen molar-refractivity contribution in [2.75, 3.05) is 19.8 Å². The normalized spacial score (nSPS) is 22.2. The Morgan fingerprint density at radius 1 is 1.57 bits per heavy atom. The average Bonchev–Trinajstić information content (AvgIpc) is 2.64. The molecule has 1 atom stereocenters. The van der Waals surface area contributed by atoms with Crippen LogP contribution in [0.4, 0.5) is 0 Å². The van der Waals surface area contributed by atoms with Gasteiger partial charge in [-0.3, -0.25) is 0 Å². The van der Waals surface area contributed by atoms with E-state index in [9.17, 15) is 0 Å². The van der Waals surface area contributed by atoms with Crippen LogP contribution in [-0.2, 0) is 4.74 Å². The van der Waals surface area contributed by atoms with E-state index in [4.69, 9.17) is 10.00 Å². The van der Waals surface area contributed by atoms with Gasteiger partial charge in [0.15, 0.2) is 0 Å². The number of ether oxygens (including phenoxy) is 1. The maximum Gasteiger partial charge on any atom is 0.0621 e. The molecule has 0 radical (unpaired) electrons. The third-order valence-electron chi connectivity index (χ3n) is 2.71. The fourth-order valence-electron chi connectivity index (χ4n) is 1.60. The lowest BCUT2D eigenvalue weighted by molar-refractivity contribution is 0.186. The van der Waals surface area contributed by atoms with Gasteiger partial charge in [0.05, 0.1) is 12.7 Å². The molecule has 1 unspecified atom stereocenters. The Kier molecular flexibility index (Phi) is 4.37. The third kappa shape index (κ3) is 4.08. The van der Waals surface area contributed by atoms with E-state index < -0.39 is 0 Å². The highest BCUT2D eigenvalue weighted by molar-refractivity contribution is 4.81. The maximum absolute atomic E-state index is 8.52. The van der Waals surface area contributed by atoms with Crippen molar-refractivity contribution in [2.24, 2.45) is 5.41 Å². The molecule has 0 saturated carbocycles. The van der Waals surface area contributed by atoms with Crippen molar-refractivity contribution < 1.29 is 4.74 Å². The van der Waals surface area contributed by atoms with Crippen LogP contribution >= 0.6 is 0 Å². The van der Waals surface area contributed by atoms with Gasteiger partial charge >= 0.3 is 0 Å². The molecule has 1 rings (SSSR count). The van der Waals surface area contributed by atoms with Gasteiger partial charge in [0.25, 0.3) is 0 Å². The number of nitrogens with one attached hydrogen (secondary N) is 1. The lowest BCUT2D eigenvalue weighted by Gasteiger charge is -2.25. The first-order valence-electron chi connectivity index (χ1n) is 5.32. The van der Waals surface area contributed by atoms with E-state index in [1.54, 1.807) is 0 Å². The quantitative estimate of drug-likeness (QED) is 0.728. The summed E-state index contributed by atoms with van der Waals surface area (Å²) in [6, 6.07) is 2.72. The first-order valence-corrected chi connectivity index (χ1v) is 5.32. The van der Waals surface area contributed by atoms with E-state index in [1.807, 2.05) is 0 Å². The van der Waals surface area contributed by atoms with Crippen LogP contribution in [0.3, 0.4) is 0 Å².